The Labute approximate surface area is 138 Å². The number of methoxy groups -OCH3 is 1. The third-order valence-corrected chi connectivity index (χ3v) is 3.91. The maximum atomic E-state index is 12.5. The van der Waals surface area contributed by atoms with Crippen LogP contribution in [0, 0.1) is 12.8 Å². The molecule has 0 unspecified atom stereocenters. The van der Waals surface area contributed by atoms with Crippen molar-refractivity contribution in [2.24, 2.45) is 5.92 Å². The maximum absolute atomic E-state index is 12.5. The Kier molecular flexibility index (Phi) is 5.74. The lowest BCUT2D eigenvalue weighted by atomic mass is 10.0. The Balaban J connectivity index is 1.94. The maximum Gasteiger partial charge on any atom is 0.255 e. The number of nitrogens with zero attached hydrogens (tertiary/aromatic N) is 2. The molecule has 0 aliphatic rings. The molecule has 0 radical (unpaired) electrons. The number of aromatic nitrogens is 1. The van der Waals surface area contributed by atoms with Crippen molar-refractivity contribution in [3.63, 3.8) is 0 Å². The molecule has 1 atom stereocenters. The van der Waals surface area contributed by atoms with Gasteiger partial charge in [0.1, 0.15) is 5.75 Å². The molecule has 1 aromatic heterocycles. The highest BCUT2D eigenvalue weighted by Crippen LogP contribution is 2.16. The summed E-state index contributed by atoms with van der Waals surface area (Å²) in [7, 11) is 3.51. The van der Waals surface area contributed by atoms with Crippen LogP contribution in [0.3, 0.4) is 0 Å². The minimum absolute atomic E-state index is 0.0252. The van der Waals surface area contributed by atoms with E-state index >= 15 is 0 Å². The van der Waals surface area contributed by atoms with E-state index in [1.807, 2.05) is 32.2 Å². The highest BCUT2D eigenvalue weighted by atomic mass is 16.5. The molecule has 0 aliphatic heterocycles. The lowest BCUT2D eigenvalue weighted by Gasteiger charge is -2.22. The lowest BCUT2D eigenvalue weighted by molar-refractivity contribution is 0.0774. The van der Waals surface area contributed by atoms with Gasteiger partial charge in [-0.1, -0.05) is 19.1 Å². The molecule has 0 saturated carbocycles. The number of amides is 1. The quantitative estimate of drug-likeness (QED) is 0.821. The molecule has 4 nitrogen and oxygen atoms in total. The highest BCUT2D eigenvalue weighted by molar-refractivity contribution is 5.95. The molecule has 0 N–H and O–H groups in total. The van der Waals surface area contributed by atoms with Crippen LogP contribution < -0.4 is 4.74 Å². The molecule has 0 fully saturated rings. The molecule has 0 saturated heterocycles. The zero-order chi connectivity index (χ0) is 16.8. The Morgan fingerprint density at radius 2 is 1.96 bits per heavy atom. The SMILES string of the molecule is COc1ccc(C[C@@H](C)CN(C)C(=O)c2cccnc2C)cc1. The van der Waals surface area contributed by atoms with Gasteiger partial charge in [0.2, 0.25) is 0 Å². The van der Waals surface area contributed by atoms with Gasteiger partial charge in [-0.3, -0.25) is 9.78 Å². The first-order valence-corrected chi connectivity index (χ1v) is 7.81. The van der Waals surface area contributed by atoms with E-state index in [1.165, 1.54) is 5.56 Å². The van der Waals surface area contributed by atoms with Crippen LogP contribution in [0.25, 0.3) is 0 Å². The highest BCUT2D eigenvalue weighted by Gasteiger charge is 2.16. The van der Waals surface area contributed by atoms with Crippen molar-refractivity contribution in [2.45, 2.75) is 20.3 Å². The van der Waals surface area contributed by atoms with Crippen molar-refractivity contribution in [2.75, 3.05) is 20.7 Å². The average Bonchev–Trinajstić information content (AvgIpc) is 2.55. The summed E-state index contributed by atoms with van der Waals surface area (Å²) in [6.45, 7) is 4.73. The summed E-state index contributed by atoms with van der Waals surface area (Å²) in [6.07, 6.45) is 2.63. The molecule has 1 aromatic carbocycles. The number of hydrogen-bond donors (Lipinski definition) is 0. The minimum Gasteiger partial charge on any atom is -0.497 e. The van der Waals surface area contributed by atoms with Crippen LogP contribution in [0.1, 0.15) is 28.5 Å². The van der Waals surface area contributed by atoms with Crippen LogP contribution in [0.5, 0.6) is 5.75 Å². The first kappa shape index (κ1) is 17.0. The van der Waals surface area contributed by atoms with Gasteiger partial charge in [-0.25, -0.2) is 0 Å². The van der Waals surface area contributed by atoms with E-state index in [9.17, 15) is 4.79 Å². The second-order valence-electron chi connectivity index (χ2n) is 5.98. The summed E-state index contributed by atoms with van der Waals surface area (Å²) in [5.41, 5.74) is 2.69. The Bertz CT molecular complexity index is 653. The van der Waals surface area contributed by atoms with E-state index in [0.29, 0.717) is 18.0 Å². The summed E-state index contributed by atoms with van der Waals surface area (Å²) in [6, 6.07) is 11.7. The monoisotopic (exact) mass is 312 g/mol. The van der Waals surface area contributed by atoms with Crippen LogP contribution in [0.4, 0.5) is 0 Å². The molecular formula is C19H24N2O2. The Hall–Kier alpha value is -2.36. The minimum atomic E-state index is 0.0252. The Morgan fingerprint density at radius 1 is 1.26 bits per heavy atom. The van der Waals surface area contributed by atoms with Gasteiger partial charge in [0, 0.05) is 25.5 Å². The van der Waals surface area contributed by atoms with Crippen LogP contribution >= 0.6 is 0 Å². The van der Waals surface area contributed by atoms with Crippen LogP contribution in [0.15, 0.2) is 42.6 Å². The summed E-state index contributed by atoms with van der Waals surface area (Å²) in [5, 5.41) is 0. The third kappa shape index (κ3) is 4.55. The van der Waals surface area contributed by atoms with Crippen molar-refractivity contribution < 1.29 is 9.53 Å². The lowest BCUT2D eigenvalue weighted by Crippen LogP contribution is -2.32. The van der Waals surface area contributed by atoms with Crippen molar-refractivity contribution in [1.82, 2.24) is 9.88 Å². The van der Waals surface area contributed by atoms with E-state index in [0.717, 1.165) is 17.9 Å². The number of rotatable bonds is 6. The second-order valence-corrected chi connectivity index (χ2v) is 5.98. The fourth-order valence-electron chi connectivity index (χ4n) is 2.69. The molecule has 23 heavy (non-hydrogen) atoms. The van der Waals surface area contributed by atoms with E-state index in [1.54, 1.807) is 24.3 Å². The van der Waals surface area contributed by atoms with E-state index in [2.05, 4.69) is 24.0 Å². The second kappa shape index (κ2) is 7.77. The fraction of sp³-hybridized carbons (Fsp3) is 0.368. The van der Waals surface area contributed by atoms with Gasteiger partial charge in [-0.05, 0) is 49.1 Å². The average molecular weight is 312 g/mol. The number of benzene rings is 1. The topological polar surface area (TPSA) is 42.4 Å². The number of pyridine rings is 1. The molecule has 2 rings (SSSR count). The van der Waals surface area contributed by atoms with E-state index < -0.39 is 0 Å². The number of carbonyl (C=O) groups is 1. The number of ether oxygens (including phenoxy) is 1. The molecule has 1 amide bonds. The van der Waals surface area contributed by atoms with Crippen LogP contribution in [0.2, 0.25) is 0 Å². The normalized spacial score (nSPS) is 11.8. The summed E-state index contributed by atoms with van der Waals surface area (Å²) < 4.78 is 5.17. The van der Waals surface area contributed by atoms with Crippen LogP contribution in [-0.2, 0) is 6.42 Å². The zero-order valence-electron chi connectivity index (χ0n) is 14.2. The Morgan fingerprint density at radius 3 is 2.57 bits per heavy atom. The summed E-state index contributed by atoms with van der Waals surface area (Å²) in [5.74, 6) is 1.26. The first-order chi connectivity index (χ1) is 11.0. The fourth-order valence-corrected chi connectivity index (χ4v) is 2.69. The van der Waals surface area contributed by atoms with Gasteiger partial charge in [-0.2, -0.15) is 0 Å². The van der Waals surface area contributed by atoms with E-state index in [4.69, 9.17) is 4.74 Å². The molecule has 0 bridgehead atoms. The van der Waals surface area contributed by atoms with Gasteiger partial charge in [0.05, 0.1) is 12.7 Å². The predicted octanol–water partition coefficient (Wildman–Crippen LogP) is 3.35. The molecular weight excluding hydrogens is 288 g/mol. The first-order valence-electron chi connectivity index (χ1n) is 7.81. The number of carbonyl (C=O) groups excluding carboxylic acids is 1. The van der Waals surface area contributed by atoms with Gasteiger partial charge in [0.25, 0.3) is 5.91 Å². The molecule has 2 aromatic rings. The zero-order valence-corrected chi connectivity index (χ0v) is 14.2. The van der Waals surface area contributed by atoms with Gasteiger partial charge in [-0.15, -0.1) is 0 Å². The van der Waals surface area contributed by atoms with E-state index in [-0.39, 0.29) is 5.91 Å². The van der Waals surface area contributed by atoms with Gasteiger partial charge < -0.3 is 9.64 Å². The molecule has 4 heteroatoms. The summed E-state index contributed by atoms with van der Waals surface area (Å²) >= 11 is 0. The third-order valence-electron chi connectivity index (χ3n) is 3.91. The van der Waals surface area contributed by atoms with Gasteiger partial charge >= 0.3 is 0 Å². The standard InChI is InChI=1S/C19H24N2O2/c1-14(12-16-7-9-17(23-4)10-8-16)13-21(3)19(22)18-6-5-11-20-15(18)2/h5-11,14H,12-13H2,1-4H3/t14-/m1/s1. The largest absolute Gasteiger partial charge is 0.497 e. The molecule has 0 spiro atoms. The number of hydrogen-bond acceptors (Lipinski definition) is 3. The number of aryl methyl sites for hydroxylation is 1. The molecule has 0 aliphatic carbocycles. The van der Waals surface area contributed by atoms with Crippen molar-refractivity contribution >= 4 is 5.91 Å². The molecule has 1 heterocycles. The van der Waals surface area contributed by atoms with Crippen LogP contribution in [-0.4, -0.2) is 36.5 Å². The molecule has 122 valence electrons. The van der Waals surface area contributed by atoms with Crippen molar-refractivity contribution in [1.29, 1.82) is 0 Å². The van der Waals surface area contributed by atoms with Crippen molar-refractivity contribution in [3.8, 4) is 5.75 Å². The smallest absolute Gasteiger partial charge is 0.255 e. The predicted molar refractivity (Wildman–Crippen MR) is 91.8 cm³/mol. The van der Waals surface area contributed by atoms with Gasteiger partial charge in [0.15, 0.2) is 0 Å². The van der Waals surface area contributed by atoms with Crippen molar-refractivity contribution in [3.05, 3.63) is 59.4 Å². The summed E-state index contributed by atoms with van der Waals surface area (Å²) in [4.78, 5) is 18.5.